The number of aliphatic carboxylic acids is 1. The Morgan fingerprint density at radius 2 is 2.20 bits per heavy atom. The molecule has 2 amide bonds. The zero-order valence-electron chi connectivity index (χ0n) is 11.1. The molecule has 2 rings (SSSR count). The highest BCUT2D eigenvalue weighted by molar-refractivity contribution is 7.09. The number of urea groups is 1. The molecule has 2 N–H and O–H groups in total. The second kappa shape index (κ2) is 7.25. The number of ether oxygens (including phenoxy) is 1. The van der Waals surface area contributed by atoms with Crippen LogP contribution < -0.4 is 5.32 Å². The molecule has 0 saturated carbocycles. The maximum Gasteiger partial charge on any atom is 0.329 e. The third-order valence-electron chi connectivity index (χ3n) is 3.17. The van der Waals surface area contributed by atoms with Gasteiger partial charge in [0.15, 0.2) is 0 Å². The molecule has 0 spiro atoms. The zero-order valence-corrected chi connectivity index (χ0v) is 11.9. The second-order valence-corrected chi connectivity index (χ2v) is 5.66. The van der Waals surface area contributed by atoms with E-state index in [1.165, 1.54) is 0 Å². The highest BCUT2D eigenvalue weighted by atomic mass is 32.1. The van der Waals surface area contributed by atoms with Crippen molar-refractivity contribution in [2.24, 2.45) is 0 Å². The number of carboxylic acids is 1. The number of thiophene rings is 1. The average Bonchev–Trinajstić information content (AvgIpc) is 2.96. The second-order valence-electron chi connectivity index (χ2n) is 4.63. The summed E-state index contributed by atoms with van der Waals surface area (Å²) in [6, 6.07) is 3.86. The molecule has 1 saturated heterocycles. The Morgan fingerprint density at radius 3 is 2.80 bits per heavy atom. The van der Waals surface area contributed by atoms with E-state index in [2.05, 4.69) is 5.32 Å². The van der Waals surface area contributed by atoms with Gasteiger partial charge in [-0.05, 0) is 24.3 Å². The topological polar surface area (TPSA) is 78.9 Å². The van der Waals surface area contributed by atoms with Gasteiger partial charge in [-0.1, -0.05) is 6.07 Å². The van der Waals surface area contributed by atoms with Crippen LogP contribution in [0.15, 0.2) is 17.5 Å². The van der Waals surface area contributed by atoms with Gasteiger partial charge in [-0.25, -0.2) is 9.59 Å². The molecule has 0 aliphatic carbocycles. The first-order chi connectivity index (χ1) is 9.65. The Kier molecular flexibility index (Phi) is 5.37. The molecule has 1 aromatic rings. The lowest BCUT2D eigenvalue weighted by Crippen LogP contribution is -2.45. The number of carboxylic acid groups (broad SMARTS) is 1. The molecule has 1 aliphatic heterocycles. The Bertz CT molecular complexity index is 441. The van der Waals surface area contributed by atoms with Gasteiger partial charge in [0.2, 0.25) is 0 Å². The largest absolute Gasteiger partial charge is 0.480 e. The normalized spacial score (nSPS) is 16.1. The van der Waals surface area contributed by atoms with Crippen LogP contribution in [0.2, 0.25) is 0 Å². The van der Waals surface area contributed by atoms with Crippen LogP contribution in [0.4, 0.5) is 4.79 Å². The number of piperidine rings is 1. The molecule has 0 unspecified atom stereocenters. The average molecular weight is 298 g/mol. The molecule has 2 heterocycles. The van der Waals surface area contributed by atoms with Crippen molar-refractivity contribution in [1.29, 1.82) is 0 Å². The van der Waals surface area contributed by atoms with E-state index in [1.807, 2.05) is 17.5 Å². The van der Waals surface area contributed by atoms with Crippen LogP contribution in [0.5, 0.6) is 0 Å². The molecular formula is C13H18N2O4S. The molecule has 0 atom stereocenters. The van der Waals surface area contributed by atoms with Crippen LogP contribution in [0, 0.1) is 0 Å². The number of hydrogen-bond donors (Lipinski definition) is 2. The van der Waals surface area contributed by atoms with Gasteiger partial charge >= 0.3 is 12.0 Å². The Morgan fingerprint density at radius 1 is 1.45 bits per heavy atom. The van der Waals surface area contributed by atoms with Gasteiger partial charge in [-0.2, -0.15) is 0 Å². The maximum absolute atomic E-state index is 12.0. The quantitative estimate of drug-likeness (QED) is 0.864. The molecule has 7 heteroatoms. The van der Waals surface area contributed by atoms with E-state index in [0.717, 1.165) is 4.88 Å². The molecule has 1 aromatic heterocycles. The zero-order chi connectivity index (χ0) is 14.4. The summed E-state index contributed by atoms with van der Waals surface area (Å²) in [5, 5.41) is 13.4. The SMILES string of the molecule is O=C(O)COC1CCN(C(=O)NCc2cccs2)CC1. The minimum Gasteiger partial charge on any atom is -0.480 e. The molecule has 0 aromatic carbocycles. The molecule has 0 bridgehead atoms. The van der Waals surface area contributed by atoms with Crippen LogP contribution in [-0.4, -0.2) is 47.8 Å². The molecular weight excluding hydrogens is 280 g/mol. The number of carbonyl (C=O) groups is 2. The third-order valence-corrected chi connectivity index (χ3v) is 4.04. The fraction of sp³-hybridized carbons (Fsp3) is 0.538. The number of rotatable bonds is 5. The lowest BCUT2D eigenvalue weighted by molar-refractivity contribution is -0.145. The van der Waals surface area contributed by atoms with Gasteiger partial charge in [0, 0.05) is 18.0 Å². The summed E-state index contributed by atoms with van der Waals surface area (Å²) in [4.78, 5) is 25.2. The van der Waals surface area contributed by atoms with Gasteiger partial charge in [-0.15, -0.1) is 11.3 Å². The Hall–Kier alpha value is -1.60. The third kappa shape index (κ3) is 4.50. The predicted molar refractivity (Wildman–Crippen MR) is 74.7 cm³/mol. The van der Waals surface area contributed by atoms with Crippen LogP contribution in [0.3, 0.4) is 0 Å². The van der Waals surface area contributed by atoms with Gasteiger partial charge in [0.25, 0.3) is 0 Å². The molecule has 6 nitrogen and oxygen atoms in total. The predicted octanol–water partition coefficient (Wildman–Crippen LogP) is 1.52. The van der Waals surface area contributed by atoms with Crippen LogP contribution in [0.1, 0.15) is 17.7 Å². The van der Waals surface area contributed by atoms with Crippen molar-refractivity contribution in [3.05, 3.63) is 22.4 Å². The Labute approximate surface area is 121 Å². The minimum absolute atomic E-state index is 0.0626. The summed E-state index contributed by atoms with van der Waals surface area (Å²) in [5.74, 6) is -0.957. The van der Waals surface area contributed by atoms with Crippen molar-refractivity contribution in [3.8, 4) is 0 Å². The Balaban J connectivity index is 1.67. The van der Waals surface area contributed by atoms with Crippen LogP contribution >= 0.6 is 11.3 Å². The highest BCUT2D eigenvalue weighted by Crippen LogP contribution is 2.14. The first-order valence-corrected chi connectivity index (χ1v) is 7.41. The van der Waals surface area contributed by atoms with E-state index < -0.39 is 5.97 Å². The van der Waals surface area contributed by atoms with E-state index in [4.69, 9.17) is 9.84 Å². The molecule has 0 radical (unpaired) electrons. The summed E-state index contributed by atoms with van der Waals surface area (Å²) >= 11 is 1.61. The summed E-state index contributed by atoms with van der Waals surface area (Å²) in [6.45, 7) is 1.47. The van der Waals surface area contributed by atoms with Gasteiger partial charge in [-0.3, -0.25) is 0 Å². The fourth-order valence-corrected chi connectivity index (χ4v) is 2.75. The van der Waals surface area contributed by atoms with Gasteiger partial charge < -0.3 is 20.1 Å². The summed E-state index contributed by atoms with van der Waals surface area (Å²) in [6.07, 6.45) is 1.30. The molecule has 1 fully saturated rings. The standard InChI is InChI=1S/C13H18N2O4S/c16-12(17)9-19-10-3-5-15(6-4-10)13(18)14-8-11-2-1-7-20-11/h1-2,7,10H,3-6,8-9H2,(H,14,18)(H,16,17). The summed E-state index contributed by atoms with van der Waals surface area (Å²) in [5.41, 5.74) is 0. The smallest absolute Gasteiger partial charge is 0.329 e. The summed E-state index contributed by atoms with van der Waals surface area (Å²) in [7, 11) is 0. The minimum atomic E-state index is -0.957. The van der Waals surface area contributed by atoms with E-state index in [1.54, 1.807) is 16.2 Å². The number of amides is 2. The van der Waals surface area contributed by atoms with Crippen molar-refractivity contribution < 1.29 is 19.4 Å². The van der Waals surface area contributed by atoms with E-state index >= 15 is 0 Å². The number of nitrogens with zero attached hydrogens (tertiary/aromatic N) is 1. The maximum atomic E-state index is 12.0. The number of likely N-dealkylation sites (tertiary alicyclic amines) is 1. The van der Waals surface area contributed by atoms with E-state index in [0.29, 0.717) is 32.5 Å². The van der Waals surface area contributed by atoms with Crippen molar-refractivity contribution in [2.75, 3.05) is 19.7 Å². The number of nitrogens with one attached hydrogen (secondary N) is 1. The van der Waals surface area contributed by atoms with Gasteiger partial charge in [0.05, 0.1) is 12.6 Å². The molecule has 1 aliphatic rings. The van der Waals surface area contributed by atoms with Crippen molar-refractivity contribution in [3.63, 3.8) is 0 Å². The lowest BCUT2D eigenvalue weighted by atomic mass is 10.1. The monoisotopic (exact) mass is 298 g/mol. The number of hydrogen-bond acceptors (Lipinski definition) is 4. The van der Waals surface area contributed by atoms with Gasteiger partial charge in [0.1, 0.15) is 6.61 Å². The number of carbonyl (C=O) groups excluding carboxylic acids is 1. The van der Waals surface area contributed by atoms with E-state index in [-0.39, 0.29) is 18.7 Å². The lowest BCUT2D eigenvalue weighted by Gasteiger charge is -2.31. The van der Waals surface area contributed by atoms with Crippen molar-refractivity contribution in [1.82, 2.24) is 10.2 Å². The molecule has 110 valence electrons. The molecule has 20 heavy (non-hydrogen) atoms. The van der Waals surface area contributed by atoms with Crippen LogP contribution in [0.25, 0.3) is 0 Å². The highest BCUT2D eigenvalue weighted by Gasteiger charge is 2.23. The first-order valence-electron chi connectivity index (χ1n) is 6.53. The van der Waals surface area contributed by atoms with Crippen molar-refractivity contribution in [2.45, 2.75) is 25.5 Å². The summed E-state index contributed by atoms with van der Waals surface area (Å²) < 4.78 is 5.24. The van der Waals surface area contributed by atoms with E-state index in [9.17, 15) is 9.59 Å². The van der Waals surface area contributed by atoms with Crippen LogP contribution in [-0.2, 0) is 16.1 Å². The first kappa shape index (κ1) is 14.8. The fourth-order valence-electron chi connectivity index (χ4n) is 2.10. The van der Waals surface area contributed by atoms with Crippen molar-refractivity contribution >= 4 is 23.3 Å².